The Balaban J connectivity index is 1.47. The van der Waals surface area contributed by atoms with Crippen molar-refractivity contribution in [2.75, 3.05) is 5.32 Å². The summed E-state index contributed by atoms with van der Waals surface area (Å²) < 4.78 is 3.38. The number of nitrogens with one attached hydrogen (secondary N) is 1. The predicted octanol–water partition coefficient (Wildman–Crippen LogP) is 1.84. The minimum atomic E-state index is -0.284. The van der Waals surface area contributed by atoms with E-state index in [1.54, 1.807) is 36.9 Å². The fraction of sp³-hybridized carbons (Fsp3) is 0.267. The van der Waals surface area contributed by atoms with Crippen molar-refractivity contribution in [2.24, 2.45) is 0 Å². The molecule has 3 aromatic rings. The Hall–Kier alpha value is -3.03. The van der Waals surface area contributed by atoms with Crippen LogP contribution < -0.4 is 5.32 Å². The number of carbonyl (C=O) groups excluding carboxylic acids is 1. The average Bonchev–Trinajstić information content (AvgIpc) is 3.16. The molecule has 0 aromatic carbocycles. The maximum Gasteiger partial charge on any atom is 0.276 e. The zero-order chi connectivity index (χ0) is 15.6. The lowest BCUT2D eigenvalue weighted by molar-refractivity contribution is 0.102. The normalized spacial score (nSPS) is 14.4. The standard InChI is InChI=1S/C15H15N7O/c23-14(19-11-9-18-22(10-11)12-3-1-4-12)13-5-8-21(20-13)15-16-6-2-7-17-15/h2,5-10,12H,1,3-4H2,(H,19,23). The van der Waals surface area contributed by atoms with Gasteiger partial charge in [-0.3, -0.25) is 9.48 Å². The summed E-state index contributed by atoms with van der Waals surface area (Å²) in [7, 11) is 0. The second kappa shape index (κ2) is 5.64. The number of aromatic nitrogens is 6. The lowest BCUT2D eigenvalue weighted by Gasteiger charge is -2.25. The molecule has 0 spiro atoms. The summed E-state index contributed by atoms with van der Waals surface area (Å²) >= 11 is 0. The summed E-state index contributed by atoms with van der Waals surface area (Å²) in [6.07, 6.45) is 12.0. The van der Waals surface area contributed by atoms with Gasteiger partial charge in [-0.2, -0.15) is 10.2 Å². The van der Waals surface area contributed by atoms with Crippen LogP contribution in [0.2, 0.25) is 0 Å². The summed E-state index contributed by atoms with van der Waals surface area (Å²) in [5, 5.41) is 11.3. The van der Waals surface area contributed by atoms with Crippen LogP contribution in [0.15, 0.2) is 43.1 Å². The van der Waals surface area contributed by atoms with Gasteiger partial charge < -0.3 is 5.32 Å². The number of rotatable bonds is 4. The van der Waals surface area contributed by atoms with Gasteiger partial charge in [-0.05, 0) is 31.4 Å². The van der Waals surface area contributed by atoms with Gasteiger partial charge in [-0.1, -0.05) is 0 Å². The summed E-state index contributed by atoms with van der Waals surface area (Å²) in [5.41, 5.74) is 0.973. The molecule has 0 atom stereocenters. The topological polar surface area (TPSA) is 90.5 Å². The van der Waals surface area contributed by atoms with Crippen molar-refractivity contribution in [2.45, 2.75) is 25.3 Å². The van der Waals surface area contributed by atoms with Gasteiger partial charge in [0.25, 0.3) is 5.91 Å². The van der Waals surface area contributed by atoms with Gasteiger partial charge in [0.05, 0.1) is 17.9 Å². The zero-order valence-corrected chi connectivity index (χ0v) is 12.3. The van der Waals surface area contributed by atoms with Crippen molar-refractivity contribution < 1.29 is 4.79 Å². The molecule has 1 aliphatic rings. The van der Waals surface area contributed by atoms with Crippen molar-refractivity contribution in [3.8, 4) is 5.95 Å². The lowest BCUT2D eigenvalue weighted by Crippen LogP contribution is -2.17. The van der Waals surface area contributed by atoms with E-state index >= 15 is 0 Å². The van der Waals surface area contributed by atoms with Crippen LogP contribution in [-0.4, -0.2) is 35.4 Å². The van der Waals surface area contributed by atoms with Crippen LogP contribution in [0.3, 0.4) is 0 Å². The van der Waals surface area contributed by atoms with Gasteiger partial charge in [-0.25, -0.2) is 14.6 Å². The molecule has 116 valence electrons. The Labute approximate surface area is 132 Å². The van der Waals surface area contributed by atoms with E-state index in [0.717, 1.165) is 12.8 Å². The Morgan fingerprint density at radius 1 is 1.26 bits per heavy atom. The summed E-state index contributed by atoms with van der Waals surface area (Å²) in [5.74, 6) is 0.136. The second-order valence-electron chi connectivity index (χ2n) is 5.44. The van der Waals surface area contributed by atoms with Crippen LogP contribution in [0.5, 0.6) is 0 Å². The average molecular weight is 309 g/mol. The summed E-state index contributed by atoms with van der Waals surface area (Å²) in [4.78, 5) is 20.4. The molecule has 3 heterocycles. The molecule has 1 N–H and O–H groups in total. The first kappa shape index (κ1) is 13.6. The molecule has 1 amide bonds. The number of amides is 1. The van der Waals surface area contributed by atoms with Crippen LogP contribution in [0.1, 0.15) is 35.8 Å². The van der Waals surface area contributed by atoms with Crippen molar-refractivity contribution in [3.05, 3.63) is 48.8 Å². The molecule has 1 fully saturated rings. The molecular formula is C15H15N7O. The van der Waals surface area contributed by atoms with E-state index in [-0.39, 0.29) is 5.91 Å². The van der Waals surface area contributed by atoms with E-state index < -0.39 is 0 Å². The molecule has 0 saturated heterocycles. The van der Waals surface area contributed by atoms with Crippen molar-refractivity contribution in [1.29, 1.82) is 0 Å². The number of anilines is 1. The van der Waals surface area contributed by atoms with Crippen molar-refractivity contribution in [3.63, 3.8) is 0 Å². The Morgan fingerprint density at radius 2 is 2.09 bits per heavy atom. The van der Waals surface area contributed by atoms with Gasteiger partial charge in [0.15, 0.2) is 5.69 Å². The lowest BCUT2D eigenvalue weighted by atomic mass is 9.93. The summed E-state index contributed by atoms with van der Waals surface area (Å²) in [6.45, 7) is 0. The molecule has 0 bridgehead atoms. The molecule has 23 heavy (non-hydrogen) atoms. The highest BCUT2D eigenvalue weighted by Crippen LogP contribution is 2.31. The van der Waals surface area contributed by atoms with Gasteiger partial charge in [-0.15, -0.1) is 0 Å². The van der Waals surface area contributed by atoms with Crippen LogP contribution in [0, 0.1) is 0 Å². The van der Waals surface area contributed by atoms with Crippen molar-refractivity contribution >= 4 is 11.6 Å². The van der Waals surface area contributed by atoms with E-state index in [1.165, 1.54) is 11.1 Å². The van der Waals surface area contributed by atoms with Crippen molar-refractivity contribution in [1.82, 2.24) is 29.5 Å². The van der Waals surface area contributed by atoms with Gasteiger partial charge in [0, 0.05) is 24.8 Å². The van der Waals surface area contributed by atoms with Crippen LogP contribution in [-0.2, 0) is 0 Å². The van der Waals surface area contributed by atoms with E-state index in [1.807, 2.05) is 10.9 Å². The van der Waals surface area contributed by atoms with E-state index in [0.29, 0.717) is 23.4 Å². The molecular weight excluding hydrogens is 294 g/mol. The Morgan fingerprint density at radius 3 is 2.83 bits per heavy atom. The smallest absolute Gasteiger partial charge is 0.276 e. The van der Waals surface area contributed by atoms with Gasteiger partial charge in [0.1, 0.15) is 0 Å². The molecule has 8 nitrogen and oxygen atoms in total. The molecule has 8 heteroatoms. The third-order valence-electron chi connectivity index (χ3n) is 3.89. The highest BCUT2D eigenvalue weighted by Gasteiger charge is 2.20. The molecule has 0 radical (unpaired) electrons. The molecule has 3 aromatic heterocycles. The minimum Gasteiger partial charge on any atom is -0.318 e. The summed E-state index contributed by atoms with van der Waals surface area (Å²) in [6, 6.07) is 3.82. The third-order valence-corrected chi connectivity index (χ3v) is 3.89. The predicted molar refractivity (Wildman–Crippen MR) is 82.2 cm³/mol. The molecule has 1 aliphatic carbocycles. The monoisotopic (exact) mass is 309 g/mol. The Bertz CT molecular complexity index is 819. The maximum atomic E-state index is 12.3. The van der Waals surface area contributed by atoms with Crippen LogP contribution >= 0.6 is 0 Å². The third kappa shape index (κ3) is 2.70. The van der Waals surface area contributed by atoms with Crippen LogP contribution in [0.25, 0.3) is 5.95 Å². The SMILES string of the molecule is O=C(Nc1cnn(C2CCC2)c1)c1ccn(-c2ncccn2)n1. The van der Waals surface area contributed by atoms with E-state index in [4.69, 9.17) is 0 Å². The van der Waals surface area contributed by atoms with E-state index in [9.17, 15) is 4.79 Å². The zero-order valence-electron chi connectivity index (χ0n) is 12.3. The number of hydrogen-bond acceptors (Lipinski definition) is 5. The number of carbonyl (C=O) groups is 1. The first-order valence-corrected chi connectivity index (χ1v) is 7.48. The maximum absolute atomic E-state index is 12.3. The van der Waals surface area contributed by atoms with Gasteiger partial charge >= 0.3 is 0 Å². The molecule has 0 unspecified atom stereocenters. The number of nitrogens with zero attached hydrogens (tertiary/aromatic N) is 6. The quantitative estimate of drug-likeness (QED) is 0.794. The number of hydrogen-bond donors (Lipinski definition) is 1. The molecule has 1 saturated carbocycles. The van der Waals surface area contributed by atoms with Crippen LogP contribution in [0.4, 0.5) is 5.69 Å². The van der Waals surface area contributed by atoms with Gasteiger partial charge in [0.2, 0.25) is 5.95 Å². The first-order valence-electron chi connectivity index (χ1n) is 7.48. The molecule has 0 aliphatic heterocycles. The largest absolute Gasteiger partial charge is 0.318 e. The fourth-order valence-electron chi connectivity index (χ4n) is 2.41. The highest BCUT2D eigenvalue weighted by molar-refractivity contribution is 6.02. The highest BCUT2D eigenvalue weighted by atomic mass is 16.2. The Kier molecular flexibility index (Phi) is 3.34. The fourth-order valence-corrected chi connectivity index (χ4v) is 2.41. The first-order chi connectivity index (χ1) is 11.3. The van der Waals surface area contributed by atoms with E-state index in [2.05, 4.69) is 25.5 Å². The molecule has 4 rings (SSSR count). The minimum absolute atomic E-state index is 0.284. The second-order valence-corrected chi connectivity index (χ2v) is 5.44.